The van der Waals surface area contributed by atoms with Gasteiger partial charge in [0.2, 0.25) is 11.8 Å². The quantitative estimate of drug-likeness (QED) is 0.616. The molecule has 1 aliphatic heterocycles. The van der Waals surface area contributed by atoms with Crippen molar-refractivity contribution in [3.05, 3.63) is 71.6 Å². The van der Waals surface area contributed by atoms with Crippen molar-refractivity contribution >= 4 is 9.84 Å². The third kappa shape index (κ3) is 5.31. The van der Waals surface area contributed by atoms with Gasteiger partial charge in [-0.3, -0.25) is 4.90 Å². The summed E-state index contributed by atoms with van der Waals surface area (Å²) < 4.78 is 29.0. The Balaban J connectivity index is 1.34. The Morgan fingerprint density at radius 2 is 1.79 bits per heavy atom. The molecule has 152 valence electrons. The number of nitrogens with zero attached hydrogens (tertiary/aromatic N) is 3. The molecule has 0 unspecified atom stereocenters. The summed E-state index contributed by atoms with van der Waals surface area (Å²) in [6.45, 7) is 2.55. The van der Waals surface area contributed by atoms with Crippen LogP contribution in [0, 0.1) is 0 Å². The lowest BCUT2D eigenvalue weighted by Gasteiger charge is -2.31. The molecule has 0 saturated carbocycles. The van der Waals surface area contributed by atoms with Gasteiger partial charge in [0, 0.05) is 11.8 Å². The van der Waals surface area contributed by atoms with Crippen LogP contribution in [0.2, 0.25) is 0 Å². The molecule has 2 aromatic carbocycles. The summed E-state index contributed by atoms with van der Waals surface area (Å²) in [5.74, 6) is 1.74. The van der Waals surface area contributed by atoms with Crippen LogP contribution in [0.1, 0.15) is 35.8 Å². The number of sulfone groups is 1. The van der Waals surface area contributed by atoms with Crippen LogP contribution in [0.15, 0.2) is 59.0 Å². The van der Waals surface area contributed by atoms with Gasteiger partial charge in [-0.05, 0) is 55.1 Å². The molecule has 0 spiro atoms. The fourth-order valence-corrected chi connectivity index (χ4v) is 4.66. The normalized spacial score (nSPS) is 16.2. The van der Waals surface area contributed by atoms with Gasteiger partial charge in [0.05, 0.1) is 12.3 Å². The predicted molar refractivity (Wildman–Crippen MR) is 112 cm³/mol. The van der Waals surface area contributed by atoms with Crippen LogP contribution in [0.3, 0.4) is 0 Å². The van der Waals surface area contributed by atoms with Crippen molar-refractivity contribution in [2.75, 3.05) is 19.3 Å². The highest BCUT2D eigenvalue weighted by Gasteiger charge is 2.22. The third-order valence-electron chi connectivity index (χ3n) is 5.29. The summed E-state index contributed by atoms with van der Waals surface area (Å²) in [5.41, 5.74) is 3.03. The lowest BCUT2D eigenvalue weighted by atomic mass is 9.89. The first kappa shape index (κ1) is 19.8. The van der Waals surface area contributed by atoms with E-state index in [0.29, 0.717) is 24.2 Å². The van der Waals surface area contributed by atoms with Gasteiger partial charge in [-0.1, -0.05) is 42.5 Å². The topological polar surface area (TPSA) is 76.3 Å². The molecule has 1 aliphatic rings. The van der Waals surface area contributed by atoms with E-state index < -0.39 is 9.84 Å². The number of hydrogen-bond donors (Lipinski definition) is 0. The second-order valence-corrected chi connectivity index (χ2v) is 9.87. The van der Waals surface area contributed by atoms with Gasteiger partial charge in [-0.2, -0.15) is 0 Å². The number of likely N-dealkylation sites (tertiary alicyclic amines) is 1. The zero-order chi connectivity index (χ0) is 20.3. The molecule has 0 atom stereocenters. The molecule has 0 aliphatic carbocycles. The van der Waals surface area contributed by atoms with E-state index in [0.717, 1.165) is 37.1 Å². The maximum Gasteiger partial charge on any atom is 0.247 e. The summed E-state index contributed by atoms with van der Waals surface area (Å²) in [6.07, 6.45) is 3.34. The van der Waals surface area contributed by atoms with E-state index in [4.69, 9.17) is 4.42 Å². The first-order valence-electron chi connectivity index (χ1n) is 9.83. The van der Waals surface area contributed by atoms with Crippen molar-refractivity contribution in [3.63, 3.8) is 0 Å². The number of benzene rings is 2. The first-order valence-corrected chi connectivity index (χ1v) is 11.9. The van der Waals surface area contributed by atoms with Gasteiger partial charge in [-0.25, -0.2) is 8.42 Å². The molecule has 0 bridgehead atoms. The zero-order valence-corrected chi connectivity index (χ0v) is 17.3. The number of aromatic nitrogens is 2. The van der Waals surface area contributed by atoms with Crippen LogP contribution < -0.4 is 0 Å². The van der Waals surface area contributed by atoms with Crippen molar-refractivity contribution in [2.45, 2.75) is 31.1 Å². The second-order valence-electron chi connectivity index (χ2n) is 7.73. The molecular formula is C22H25N3O3S. The summed E-state index contributed by atoms with van der Waals surface area (Å²) in [7, 11) is -3.02. The Bertz CT molecular complexity index is 1060. The predicted octanol–water partition coefficient (Wildman–Crippen LogP) is 3.66. The number of hydrogen-bond acceptors (Lipinski definition) is 6. The Labute approximate surface area is 171 Å². The lowest BCUT2D eigenvalue weighted by Crippen LogP contribution is -2.32. The molecule has 4 rings (SSSR count). The molecule has 1 aromatic heterocycles. The highest BCUT2D eigenvalue weighted by atomic mass is 32.2. The van der Waals surface area contributed by atoms with Crippen LogP contribution in [-0.4, -0.2) is 42.9 Å². The molecule has 0 radical (unpaired) electrons. The SMILES string of the molecule is CS(=O)(=O)Cc1cccc(C2CCN(Cc3nnc(-c4ccccc4)o3)CC2)c1. The molecule has 1 saturated heterocycles. The van der Waals surface area contributed by atoms with E-state index in [2.05, 4.69) is 21.2 Å². The van der Waals surface area contributed by atoms with E-state index in [-0.39, 0.29) is 5.75 Å². The maximum atomic E-state index is 11.6. The Kier molecular flexibility index (Phi) is 5.78. The van der Waals surface area contributed by atoms with Gasteiger partial charge in [0.25, 0.3) is 0 Å². The fraction of sp³-hybridized carbons (Fsp3) is 0.364. The average Bonchev–Trinajstić information content (AvgIpc) is 3.17. The molecule has 7 heteroatoms. The Morgan fingerprint density at radius 1 is 1.03 bits per heavy atom. The monoisotopic (exact) mass is 411 g/mol. The van der Waals surface area contributed by atoms with E-state index in [1.165, 1.54) is 11.8 Å². The van der Waals surface area contributed by atoms with Crippen molar-refractivity contribution in [1.82, 2.24) is 15.1 Å². The van der Waals surface area contributed by atoms with Crippen molar-refractivity contribution in [3.8, 4) is 11.5 Å². The van der Waals surface area contributed by atoms with Gasteiger partial charge >= 0.3 is 0 Å². The Hall–Kier alpha value is -2.51. The standard InChI is InChI=1S/C22H25N3O3S/c1-29(26,27)16-17-6-5-9-20(14-17)18-10-12-25(13-11-18)15-21-23-24-22(28-21)19-7-3-2-4-8-19/h2-9,14,18H,10-13,15-16H2,1H3. The van der Waals surface area contributed by atoms with E-state index in [9.17, 15) is 8.42 Å². The van der Waals surface area contributed by atoms with Gasteiger partial charge in [0.15, 0.2) is 9.84 Å². The lowest BCUT2D eigenvalue weighted by molar-refractivity contribution is 0.188. The maximum absolute atomic E-state index is 11.6. The molecule has 3 aromatic rings. The minimum Gasteiger partial charge on any atom is -0.419 e. The smallest absolute Gasteiger partial charge is 0.247 e. The molecule has 1 fully saturated rings. The summed E-state index contributed by atoms with van der Waals surface area (Å²) in [6, 6.07) is 17.8. The van der Waals surface area contributed by atoms with E-state index in [1.54, 1.807) is 0 Å². The molecule has 0 N–H and O–H groups in total. The third-order valence-corrected chi connectivity index (χ3v) is 6.14. The van der Waals surface area contributed by atoms with Crippen molar-refractivity contribution in [1.29, 1.82) is 0 Å². The van der Waals surface area contributed by atoms with Crippen LogP contribution >= 0.6 is 0 Å². The van der Waals surface area contributed by atoms with Crippen molar-refractivity contribution in [2.24, 2.45) is 0 Å². The average molecular weight is 412 g/mol. The molecule has 2 heterocycles. The zero-order valence-electron chi connectivity index (χ0n) is 16.5. The van der Waals surface area contributed by atoms with Crippen LogP contribution in [0.25, 0.3) is 11.5 Å². The minimum absolute atomic E-state index is 0.0978. The Morgan fingerprint density at radius 3 is 2.52 bits per heavy atom. The molecule has 6 nitrogen and oxygen atoms in total. The van der Waals surface area contributed by atoms with Crippen LogP contribution in [-0.2, 0) is 22.1 Å². The molecule has 0 amide bonds. The van der Waals surface area contributed by atoms with Crippen molar-refractivity contribution < 1.29 is 12.8 Å². The van der Waals surface area contributed by atoms with Crippen LogP contribution in [0.4, 0.5) is 0 Å². The van der Waals surface area contributed by atoms with E-state index in [1.807, 2.05) is 48.5 Å². The largest absolute Gasteiger partial charge is 0.419 e. The van der Waals surface area contributed by atoms with Crippen LogP contribution in [0.5, 0.6) is 0 Å². The molecular weight excluding hydrogens is 386 g/mol. The second kappa shape index (κ2) is 8.47. The minimum atomic E-state index is -3.02. The number of piperidine rings is 1. The fourth-order valence-electron chi connectivity index (χ4n) is 3.87. The molecule has 29 heavy (non-hydrogen) atoms. The summed E-state index contributed by atoms with van der Waals surface area (Å²) in [5, 5.41) is 8.36. The van der Waals surface area contributed by atoms with Gasteiger partial charge in [-0.15, -0.1) is 10.2 Å². The highest BCUT2D eigenvalue weighted by molar-refractivity contribution is 7.89. The number of rotatable bonds is 6. The van der Waals surface area contributed by atoms with Gasteiger partial charge < -0.3 is 4.42 Å². The first-order chi connectivity index (χ1) is 14.0. The summed E-state index contributed by atoms with van der Waals surface area (Å²) >= 11 is 0. The van der Waals surface area contributed by atoms with Gasteiger partial charge in [0.1, 0.15) is 0 Å². The van der Waals surface area contributed by atoms with E-state index >= 15 is 0 Å². The highest BCUT2D eigenvalue weighted by Crippen LogP contribution is 2.29. The summed E-state index contributed by atoms with van der Waals surface area (Å²) in [4.78, 5) is 2.33.